The summed E-state index contributed by atoms with van der Waals surface area (Å²) in [6.07, 6.45) is 6.25. The Morgan fingerprint density at radius 2 is 2.35 bits per heavy atom. The molecule has 92 valence electrons. The van der Waals surface area contributed by atoms with Crippen molar-refractivity contribution >= 4 is 23.1 Å². The zero-order chi connectivity index (χ0) is 12.4. The van der Waals surface area contributed by atoms with Crippen LogP contribution in [0.2, 0.25) is 0 Å². The zero-order valence-electron chi connectivity index (χ0n) is 9.80. The van der Waals surface area contributed by atoms with Gasteiger partial charge >= 0.3 is 0 Å². The number of carbonyl (C=O) groups excluding carboxylic acids is 1. The minimum absolute atomic E-state index is 0.0805. The lowest BCUT2D eigenvalue weighted by Crippen LogP contribution is -2.49. The largest absolute Gasteiger partial charge is 0.392 e. The minimum atomic E-state index is -0.117. The highest BCUT2D eigenvalue weighted by Crippen LogP contribution is 2.19. The number of aromatic nitrogens is 2. The van der Waals surface area contributed by atoms with Gasteiger partial charge < -0.3 is 15.2 Å². The van der Waals surface area contributed by atoms with Crippen molar-refractivity contribution in [2.75, 3.05) is 6.54 Å². The Kier molecular flexibility index (Phi) is 3.42. The van der Waals surface area contributed by atoms with Crippen LogP contribution < -0.4 is 5.73 Å². The fourth-order valence-corrected chi connectivity index (χ4v) is 2.39. The monoisotopic (exact) mass is 252 g/mol. The lowest BCUT2D eigenvalue weighted by molar-refractivity contribution is 0.0676. The third-order valence-electron chi connectivity index (χ3n) is 3.02. The van der Waals surface area contributed by atoms with Gasteiger partial charge in [0.15, 0.2) is 0 Å². The molecular weight excluding hydrogens is 236 g/mol. The summed E-state index contributed by atoms with van der Waals surface area (Å²) in [6, 6.07) is -0.117. The van der Waals surface area contributed by atoms with Gasteiger partial charge in [-0.3, -0.25) is 4.79 Å². The van der Waals surface area contributed by atoms with Crippen molar-refractivity contribution in [3.05, 3.63) is 18.2 Å². The summed E-state index contributed by atoms with van der Waals surface area (Å²) in [5, 5.41) is 0. The van der Waals surface area contributed by atoms with Crippen LogP contribution in [0.15, 0.2) is 12.5 Å². The maximum atomic E-state index is 12.3. The van der Waals surface area contributed by atoms with E-state index >= 15 is 0 Å². The van der Waals surface area contributed by atoms with Gasteiger partial charge in [0.2, 0.25) is 0 Å². The van der Waals surface area contributed by atoms with E-state index in [-0.39, 0.29) is 11.9 Å². The van der Waals surface area contributed by atoms with Gasteiger partial charge in [-0.15, -0.1) is 0 Å². The molecule has 2 heterocycles. The number of carbonyl (C=O) groups is 1. The predicted octanol–water partition coefficient (Wildman–Crippen LogP) is 0.701. The molecule has 1 atom stereocenters. The molecule has 2 rings (SSSR count). The van der Waals surface area contributed by atoms with Crippen molar-refractivity contribution in [3.63, 3.8) is 0 Å². The van der Waals surface area contributed by atoms with Gasteiger partial charge in [-0.2, -0.15) is 0 Å². The van der Waals surface area contributed by atoms with Gasteiger partial charge in [0, 0.05) is 19.8 Å². The molecule has 1 amide bonds. The molecule has 1 fully saturated rings. The summed E-state index contributed by atoms with van der Waals surface area (Å²) in [6.45, 7) is 0.706. The number of nitrogens with zero attached hydrogens (tertiary/aromatic N) is 3. The van der Waals surface area contributed by atoms with Gasteiger partial charge in [0.25, 0.3) is 5.91 Å². The summed E-state index contributed by atoms with van der Waals surface area (Å²) in [4.78, 5) is 18.5. The van der Waals surface area contributed by atoms with Crippen LogP contribution in [-0.4, -0.2) is 37.9 Å². The molecule has 17 heavy (non-hydrogen) atoms. The first-order valence-electron chi connectivity index (χ1n) is 5.68. The van der Waals surface area contributed by atoms with Gasteiger partial charge in [-0.1, -0.05) is 12.2 Å². The predicted molar refractivity (Wildman–Crippen MR) is 68.7 cm³/mol. The number of imidazole rings is 1. The molecule has 2 N–H and O–H groups in total. The van der Waals surface area contributed by atoms with Crippen LogP contribution in [-0.2, 0) is 7.05 Å². The Hall–Kier alpha value is -1.43. The quantitative estimate of drug-likeness (QED) is 0.787. The zero-order valence-corrected chi connectivity index (χ0v) is 10.6. The minimum Gasteiger partial charge on any atom is -0.392 e. The fraction of sp³-hybridized carbons (Fsp3) is 0.545. The van der Waals surface area contributed by atoms with Crippen molar-refractivity contribution in [3.8, 4) is 0 Å². The van der Waals surface area contributed by atoms with Crippen LogP contribution in [0.5, 0.6) is 0 Å². The first-order chi connectivity index (χ1) is 8.09. The molecule has 5 nitrogen and oxygen atoms in total. The lowest BCUT2D eigenvalue weighted by Gasteiger charge is -2.34. The average Bonchev–Trinajstić information content (AvgIpc) is 2.75. The summed E-state index contributed by atoms with van der Waals surface area (Å²) >= 11 is 5.03. The first kappa shape index (κ1) is 12.0. The Labute approximate surface area is 106 Å². The van der Waals surface area contributed by atoms with Gasteiger partial charge in [-0.05, 0) is 19.3 Å². The van der Waals surface area contributed by atoms with Crippen molar-refractivity contribution < 1.29 is 4.79 Å². The maximum Gasteiger partial charge on any atom is 0.274 e. The summed E-state index contributed by atoms with van der Waals surface area (Å²) < 4.78 is 1.76. The molecule has 0 saturated carbocycles. The fourth-order valence-electron chi connectivity index (χ4n) is 2.14. The molecule has 1 aromatic rings. The highest BCUT2D eigenvalue weighted by Gasteiger charge is 2.30. The molecule has 0 spiro atoms. The van der Waals surface area contributed by atoms with Gasteiger partial charge in [-0.25, -0.2) is 4.98 Å². The number of piperidine rings is 1. The number of aryl methyl sites for hydroxylation is 1. The number of likely N-dealkylation sites (tertiary alicyclic amines) is 1. The van der Waals surface area contributed by atoms with Gasteiger partial charge in [0.1, 0.15) is 5.69 Å². The number of amides is 1. The normalized spacial score (nSPS) is 20.3. The second-order valence-corrected chi connectivity index (χ2v) is 4.81. The average molecular weight is 252 g/mol. The second-order valence-electron chi connectivity index (χ2n) is 4.34. The molecule has 1 aliphatic heterocycles. The number of nitrogens with two attached hydrogens (primary N) is 1. The molecule has 0 aromatic carbocycles. The van der Waals surface area contributed by atoms with Gasteiger partial charge in [0.05, 0.1) is 17.4 Å². The summed E-state index contributed by atoms with van der Waals surface area (Å²) in [7, 11) is 1.84. The van der Waals surface area contributed by atoms with E-state index in [1.54, 1.807) is 22.0 Å². The molecule has 1 aliphatic rings. The smallest absolute Gasteiger partial charge is 0.274 e. The molecule has 1 aromatic heterocycles. The van der Waals surface area contributed by atoms with E-state index in [1.165, 1.54) is 0 Å². The Balaban J connectivity index is 2.19. The highest BCUT2D eigenvalue weighted by atomic mass is 32.1. The Bertz CT molecular complexity index is 442. The number of thiocarbonyl (C=S) groups is 1. The van der Waals surface area contributed by atoms with Crippen LogP contribution >= 0.6 is 12.2 Å². The lowest BCUT2D eigenvalue weighted by atomic mass is 10.0. The van der Waals surface area contributed by atoms with E-state index in [0.717, 1.165) is 19.3 Å². The second kappa shape index (κ2) is 4.83. The maximum absolute atomic E-state index is 12.3. The van der Waals surface area contributed by atoms with E-state index in [0.29, 0.717) is 17.2 Å². The number of hydrogen-bond acceptors (Lipinski definition) is 3. The van der Waals surface area contributed by atoms with Crippen LogP contribution in [0.25, 0.3) is 0 Å². The molecule has 1 saturated heterocycles. The van der Waals surface area contributed by atoms with Crippen LogP contribution in [0, 0.1) is 0 Å². The van der Waals surface area contributed by atoms with Crippen molar-refractivity contribution in [2.24, 2.45) is 12.8 Å². The summed E-state index contributed by atoms with van der Waals surface area (Å²) in [5.41, 5.74) is 6.14. The van der Waals surface area contributed by atoms with E-state index in [1.807, 2.05) is 7.05 Å². The number of hydrogen-bond donors (Lipinski definition) is 1. The third-order valence-corrected chi connectivity index (χ3v) is 3.29. The third kappa shape index (κ3) is 2.46. The molecule has 0 aliphatic carbocycles. The first-order valence-corrected chi connectivity index (χ1v) is 6.08. The summed E-state index contributed by atoms with van der Waals surface area (Å²) in [5.74, 6) is -0.0805. The van der Waals surface area contributed by atoms with E-state index < -0.39 is 0 Å². The molecule has 0 radical (unpaired) electrons. The molecule has 1 unspecified atom stereocenters. The van der Waals surface area contributed by atoms with Crippen molar-refractivity contribution in [1.29, 1.82) is 0 Å². The van der Waals surface area contributed by atoms with Crippen LogP contribution in [0.4, 0.5) is 0 Å². The van der Waals surface area contributed by atoms with Crippen LogP contribution in [0.1, 0.15) is 29.8 Å². The number of rotatable bonds is 2. The van der Waals surface area contributed by atoms with Crippen molar-refractivity contribution in [2.45, 2.75) is 25.3 Å². The molecular formula is C11H16N4OS. The Morgan fingerprint density at radius 1 is 1.59 bits per heavy atom. The van der Waals surface area contributed by atoms with E-state index in [2.05, 4.69) is 4.98 Å². The standard InChI is InChI=1S/C11H16N4OS/c1-14-6-8(13-7-14)11(16)15-5-3-2-4-9(15)10(12)17/h6-7,9H,2-5H2,1H3,(H2,12,17). The molecule has 6 heteroatoms. The highest BCUT2D eigenvalue weighted by molar-refractivity contribution is 7.80. The van der Waals surface area contributed by atoms with E-state index in [9.17, 15) is 4.79 Å². The SMILES string of the molecule is Cn1cnc(C(=O)N2CCCCC2C(N)=S)c1. The van der Waals surface area contributed by atoms with E-state index in [4.69, 9.17) is 18.0 Å². The van der Waals surface area contributed by atoms with Crippen LogP contribution in [0.3, 0.4) is 0 Å². The topological polar surface area (TPSA) is 64.2 Å². The van der Waals surface area contributed by atoms with Crippen molar-refractivity contribution in [1.82, 2.24) is 14.5 Å². The Morgan fingerprint density at radius 3 is 2.94 bits per heavy atom. The molecule has 0 bridgehead atoms.